The highest BCUT2D eigenvalue weighted by atomic mass is 32.2. The Bertz CT molecular complexity index is 1160. The van der Waals surface area contributed by atoms with Crippen molar-refractivity contribution in [2.24, 2.45) is 0 Å². The van der Waals surface area contributed by atoms with Gasteiger partial charge in [0, 0.05) is 19.3 Å². The number of nitrogens with one attached hydrogen (secondary N) is 1. The van der Waals surface area contributed by atoms with E-state index in [9.17, 15) is 18.8 Å². The van der Waals surface area contributed by atoms with Crippen LogP contribution in [0.5, 0.6) is 0 Å². The molecule has 1 aromatic heterocycles. The summed E-state index contributed by atoms with van der Waals surface area (Å²) in [5.74, 6) is -1.33. The van der Waals surface area contributed by atoms with Gasteiger partial charge < -0.3 is 19.5 Å². The number of thioether (sulfide) groups is 1. The van der Waals surface area contributed by atoms with Gasteiger partial charge in [0.2, 0.25) is 11.8 Å². The van der Waals surface area contributed by atoms with Gasteiger partial charge in [0.05, 0.1) is 35.5 Å². The van der Waals surface area contributed by atoms with E-state index in [4.69, 9.17) is 4.74 Å². The lowest BCUT2D eigenvalue weighted by Gasteiger charge is -2.16. The highest BCUT2D eigenvalue weighted by Crippen LogP contribution is 2.25. The third kappa shape index (κ3) is 6.10. The first-order valence-electron chi connectivity index (χ1n) is 10.4. The minimum atomic E-state index is -0.407. The number of carbonyl (C=O) groups is 3. The fourth-order valence-electron chi connectivity index (χ4n) is 3.14. The van der Waals surface area contributed by atoms with Crippen molar-refractivity contribution in [3.63, 3.8) is 0 Å². The highest BCUT2D eigenvalue weighted by molar-refractivity contribution is 7.99. The first kappa shape index (κ1) is 24.2. The Morgan fingerprint density at radius 2 is 1.88 bits per heavy atom. The SMILES string of the molecule is CCOC(=O)c1ccc2c(c1)nc(SCC(=O)N(C)CC(=O)Nc1ccc(F)cc1)n2CC. The quantitative estimate of drug-likeness (QED) is 0.378. The number of imidazole rings is 1. The molecule has 1 N–H and O–H groups in total. The average molecular weight is 473 g/mol. The van der Waals surface area contributed by atoms with Gasteiger partial charge in [-0.1, -0.05) is 11.8 Å². The molecule has 0 radical (unpaired) electrons. The average Bonchev–Trinajstić information content (AvgIpc) is 3.15. The molecule has 8 nitrogen and oxygen atoms in total. The maximum atomic E-state index is 13.0. The van der Waals surface area contributed by atoms with Gasteiger partial charge in [-0.2, -0.15) is 0 Å². The van der Waals surface area contributed by atoms with Gasteiger partial charge in [0.15, 0.2) is 5.16 Å². The van der Waals surface area contributed by atoms with E-state index in [1.807, 2.05) is 17.6 Å². The standard InChI is InChI=1S/C23H25FN4O4S/c1-4-28-19-11-6-15(22(31)32-5-2)12-18(19)26-23(28)33-14-21(30)27(3)13-20(29)25-17-9-7-16(24)8-10-17/h6-12H,4-5,13-14H2,1-3H3,(H,25,29). The van der Waals surface area contributed by atoms with Gasteiger partial charge in [-0.25, -0.2) is 14.2 Å². The molecule has 0 aliphatic rings. The molecule has 0 saturated heterocycles. The number of anilines is 1. The Hall–Kier alpha value is -3.40. The van der Waals surface area contributed by atoms with Crippen LogP contribution in [0.15, 0.2) is 47.6 Å². The molecule has 3 rings (SSSR count). The van der Waals surface area contributed by atoms with Crippen LogP contribution >= 0.6 is 11.8 Å². The molecule has 0 aliphatic carbocycles. The molecule has 0 bridgehead atoms. The van der Waals surface area contributed by atoms with Crippen molar-refractivity contribution >= 4 is 46.3 Å². The van der Waals surface area contributed by atoms with Gasteiger partial charge in [0.1, 0.15) is 5.82 Å². The second-order valence-corrected chi connectivity index (χ2v) is 8.10. The Balaban J connectivity index is 1.62. The number of amides is 2. The highest BCUT2D eigenvalue weighted by Gasteiger charge is 2.17. The summed E-state index contributed by atoms with van der Waals surface area (Å²) >= 11 is 1.26. The van der Waals surface area contributed by atoms with Crippen LogP contribution in [0.25, 0.3) is 11.0 Å². The molecule has 2 amide bonds. The molecule has 1 heterocycles. The number of ether oxygens (including phenoxy) is 1. The van der Waals surface area contributed by atoms with E-state index in [-0.39, 0.29) is 24.1 Å². The van der Waals surface area contributed by atoms with E-state index in [0.717, 1.165) is 5.52 Å². The number of esters is 1. The third-order valence-corrected chi connectivity index (χ3v) is 5.76. The number of hydrogen-bond acceptors (Lipinski definition) is 6. The van der Waals surface area contributed by atoms with E-state index in [0.29, 0.717) is 35.1 Å². The number of likely N-dealkylation sites (N-methyl/N-ethyl adjacent to an activating group) is 1. The number of hydrogen-bond donors (Lipinski definition) is 1. The first-order chi connectivity index (χ1) is 15.8. The van der Waals surface area contributed by atoms with Crippen LogP contribution in [0.2, 0.25) is 0 Å². The molecule has 0 fully saturated rings. The Morgan fingerprint density at radius 3 is 2.55 bits per heavy atom. The van der Waals surface area contributed by atoms with Crippen LogP contribution in [-0.2, 0) is 20.9 Å². The van der Waals surface area contributed by atoms with E-state index in [1.54, 1.807) is 26.1 Å². The van der Waals surface area contributed by atoms with Crippen molar-refractivity contribution in [1.29, 1.82) is 0 Å². The molecule has 2 aromatic carbocycles. The smallest absolute Gasteiger partial charge is 0.338 e. The normalized spacial score (nSPS) is 10.8. The van der Waals surface area contributed by atoms with Crippen molar-refractivity contribution < 1.29 is 23.5 Å². The van der Waals surface area contributed by atoms with E-state index >= 15 is 0 Å². The molecule has 0 spiro atoms. The fourth-order valence-corrected chi connectivity index (χ4v) is 4.16. The number of aryl methyl sites for hydroxylation is 1. The summed E-state index contributed by atoms with van der Waals surface area (Å²) in [6.07, 6.45) is 0. The maximum absolute atomic E-state index is 13.0. The summed E-state index contributed by atoms with van der Waals surface area (Å²) in [4.78, 5) is 42.6. The number of aromatic nitrogens is 2. The van der Waals surface area contributed by atoms with Crippen molar-refractivity contribution in [3.8, 4) is 0 Å². The van der Waals surface area contributed by atoms with Crippen LogP contribution in [0.1, 0.15) is 24.2 Å². The van der Waals surface area contributed by atoms with Crippen LogP contribution < -0.4 is 5.32 Å². The molecule has 0 saturated carbocycles. The van der Waals surface area contributed by atoms with Gasteiger partial charge in [-0.05, 0) is 56.3 Å². The number of halogens is 1. The lowest BCUT2D eigenvalue weighted by atomic mass is 10.2. The number of fused-ring (bicyclic) bond motifs is 1. The minimum absolute atomic E-state index is 0.0917. The van der Waals surface area contributed by atoms with Crippen molar-refractivity contribution in [2.45, 2.75) is 25.5 Å². The fraction of sp³-hybridized carbons (Fsp3) is 0.304. The topological polar surface area (TPSA) is 93.5 Å². The lowest BCUT2D eigenvalue weighted by molar-refractivity contribution is -0.131. The largest absolute Gasteiger partial charge is 0.462 e. The monoisotopic (exact) mass is 472 g/mol. The zero-order valence-electron chi connectivity index (χ0n) is 18.6. The van der Waals surface area contributed by atoms with Crippen LogP contribution in [0.4, 0.5) is 10.1 Å². The number of carbonyl (C=O) groups excluding carboxylic acids is 3. The molecule has 0 unspecified atom stereocenters. The first-order valence-corrected chi connectivity index (χ1v) is 11.4. The zero-order chi connectivity index (χ0) is 24.0. The summed E-state index contributed by atoms with van der Waals surface area (Å²) in [6, 6.07) is 10.6. The number of rotatable bonds is 9. The Kier molecular flexibility index (Phi) is 8.05. The molecule has 3 aromatic rings. The summed E-state index contributed by atoms with van der Waals surface area (Å²) in [5, 5.41) is 3.27. The van der Waals surface area contributed by atoms with Crippen molar-refractivity contribution in [1.82, 2.24) is 14.5 Å². The second kappa shape index (κ2) is 11.0. The minimum Gasteiger partial charge on any atom is -0.462 e. The van der Waals surface area contributed by atoms with Crippen LogP contribution in [-0.4, -0.2) is 58.2 Å². The lowest BCUT2D eigenvalue weighted by Crippen LogP contribution is -2.36. The van der Waals surface area contributed by atoms with Gasteiger partial charge >= 0.3 is 5.97 Å². The zero-order valence-corrected chi connectivity index (χ0v) is 19.4. The molecule has 0 aliphatic heterocycles. The summed E-state index contributed by atoms with van der Waals surface area (Å²) < 4.78 is 20.0. The van der Waals surface area contributed by atoms with E-state index in [2.05, 4.69) is 10.3 Å². The molecular formula is C23H25FN4O4S. The van der Waals surface area contributed by atoms with Crippen molar-refractivity contribution in [2.75, 3.05) is 31.3 Å². The van der Waals surface area contributed by atoms with Gasteiger partial charge in [-0.3, -0.25) is 9.59 Å². The van der Waals surface area contributed by atoms with Crippen molar-refractivity contribution in [3.05, 3.63) is 53.8 Å². The maximum Gasteiger partial charge on any atom is 0.338 e. The summed E-state index contributed by atoms with van der Waals surface area (Å²) in [6.45, 7) is 4.51. The van der Waals surface area contributed by atoms with E-state index < -0.39 is 11.8 Å². The molecule has 33 heavy (non-hydrogen) atoms. The third-order valence-electron chi connectivity index (χ3n) is 4.80. The molecule has 0 atom stereocenters. The van der Waals surface area contributed by atoms with Crippen LogP contribution in [0.3, 0.4) is 0 Å². The van der Waals surface area contributed by atoms with Gasteiger partial charge in [0.25, 0.3) is 0 Å². The van der Waals surface area contributed by atoms with Gasteiger partial charge in [-0.15, -0.1) is 0 Å². The summed E-state index contributed by atoms with van der Waals surface area (Å²) in [5.41, 5.74) is 2.37. The number of benzene rings is 2. The van der Waals surface area contributed by atoms with Crippen LogP contribution in [0, 0.1) is 5.82 Å². The van der Waals surface area contributed by atoms with E-state index in [1.165, 1.54) is 40.9 Å². The summed E-state index contributed by atoms with van der Waals surface area (Å²) in [7, 11) is 1.54. The Morgan fingerprint density at radius 1 is 1.15 bits per heavy atom. The predicted molar refractivity (Wildman–Crippen MR) is 125 cm³/mol. The second-order valence-electron chi connectivity index (χ2n) is 7.16. The molecule has 10 heteroatoms. The predicted octanol–water partition coefficient (Wildman–Crippen LogP) is 3.56. The Labute approximate surface area is 195 Å². The molecular weight excluding hydrogens is 447 g/mol. The number of nitrogens with zero attached hydrogens (tertiary/aromatic N) is 3. The molecule has 174 valence electrons.